The summed E-state index contributed by atoms with van der Waals surface area (Å²) in [5.74, 6) is 0.278. The van der Waals surface area contributed by atoms with Gasteiger partial charge < -0.3 is 14.4 Å². The first-order chi connectivity index (χ1) is 23.4. The summed E-state index contributed by atoms with van der Waals surface area (Å²) in [7, 11) is -1.34. The molecular weight excluding hydrogens is 814 g/mol. The number of benzene rings is 3. The molecule has 0 saturated carbocycles. The molecule has 7 aromatic rings. The number of aryl methyl sites for hydroxylation is 3. The van der Waals surface area contributed by atoms with Crippen molar-refractivity contribution in [3.05, 3.63) is 132 Å². The first-order valence-corrected chi connectivity index (χ1v) is 20.3. The third kappa shape index (κ3) is 8.02. The molecule has 0 amide bonds. The van der Waals surface area contributed by atoms with E-state index in [-0.39, 0.29) is 25.9 Å². The Balaban J connectivity index is 0.000000204. The number of hydrogen-bond donors (Lipinski definition) is 0. The number of rotatable bonds is 6. The van der Waals surface area contributed by atoms with E-state index in [1.165, 1.54) is 39.1 Å². The number of pyridine rings is 3. The van der Waals surface area contributed by atoms with Gasteiger partial charge in [-0.15, -0.1) is 54.1 Å². The number of fused-ring (bicyclic) bond motifs is 3. The van der Waals surface area contributed by atoms with Crippen LogP contribution in [0.2, 0.25) is 19.6 Å². The number of furan rings is 1. The van der Waals surface area contributed by atoms with E-state index in [1.807, 2.05) is 36.4 Å². The second kappa shape index (κ2) is 15.3. The van der Waals surface area contributed by atoms with Crippen molar-refractivity contribution in [1.29, 1.82) is 0 Å². The normalized spacial score (nSPS) is 11.4. The van der Waals surface area contributed by atoms with E-state index in [0.717, 1.165) is 46.1 Å². The molecule has 0 fully saturated rings. The van der Waals surface area contributed by atoms with E-state index < -0.39 is 8.07 Å². The third-order valence-electron chi connectivity index (χ3n) is 8.65. The van der Waals surface area contributed by atoms with Crippen molar-refractivity contribution in [2.75, 3.05) is 0 Å². The number of aromatic nitrogens is 3. The molecule has 4 aromatic heterocycles. The van der Waals surface area contributed by atoms with Crippen LogP contribution < -0.4 is 5.19 Å². The van der Waals surface area contributed by atoms with Gasteiger partial charge in [-0.05, 0) is 84.1 Å². The number of halogens is 1. The van der Waals surface area contributed by atoms with Crippen LogP contribution in [0.1, 0.15) is 36.1 Å². The molecule has 0 unspecified atom stereocenters. The van der Waals surface area contributed by atoms with E-state index >= 15 is 0 Å². The summed E-state index contributed by atoms with van der Waals surface area (Å²) in [6.45, 7) is 18.1. The Morgan fingerprint density at radius 1 is 0.800 bits per heavy atom. The van der Waals surface area contributed by atoms with Crippen molar-refractivity contribution in [2.45, 2.75) is 60.7 Å². The van der Waals surface area contributed by atoms with Crippen molar-refractivity contribution >= 4 is 35.3 Å². The molecule has 1 radical (unpaired) electrons. The molecule has 0 aliphatic heterocycles. The fraction of sp³-hybridized carbons (Fsp3) is 0.233. The first kappa shape index (κ1) is 37.0. The van der Waals surface area contributed by atoms with Gasteiger partial charge in [-0.1, -0.05) is 79.8 Å². The minimum Gasteiger partial charge on any atom is -0.486 e. The van der Waals surface area contributed by atoms with E-state index in [4.69, 9.17) is 4.42 Å². The summed E-state index contributed by atoms with van der Waals surface area (Å²) in [6.07, 6.45) is 6.20. The van der Waals surface area contributed by atoms with Crippen LogP contribution in [0, 0.1) is 44.6 Å². The summed E-state index contributed by atoms with van der Waals surface area (Å²) >= 11 is 0. The average Bonchev–Trinajstić information content (AvgIpc) is 3.42. The van der Waals surface area contributed by atoms with Gasteiger partial charge in [-0.3, -0.25) is 0 Å². The Morgan fingerprint density at radius 3 is 2.24 bits per heavy atom. The largest absolute Gasteiger partial charge is 0.486 e. The fourth-order valence-corrected chi connectivity index (χ4v) is 8.22. The molecule has 257 valence electrons. The second-order valence-electron chi connectivity index (χ2n) is 14.3. The van der Waals surface area contributed by atoms with E-state index in [2.05, 4.69) is 118 Å². The summed E-state index contributed by atoms with van der Waals surface area (Å²) < 4.78 is 19.6. The molecule has 4 nitrogen and oxygen atoms in total. The maximum atomic E-state index is 13.7. The predicted octanol–water partition coefficient (Wildman–Crippen LogP) is 10.9. The van der Waals surface area contributed by atoms with Crippen LogP contribution in [-0.2, 0) is 26.5 Å². The molecule has 0 atom stereocenters. The SMILES string of the molecule is CC(C)Cc1cc(-c2[c-]cccc2)ncc1[Si](C)(C)C.Cc1cc(C)c(-c2ccnc(-c3[c-]ccc4c3oc3ncc(F)cc34)c2)c(C)c1.[Ir]. The Kier molecular flexibility index (Phi) is 11.3. The van der Waals surface area contributed by atoms with Gasteiger partial charge in [-0.25, -0.2) is 9.37 Å². The van der Waals surface area contributed by atoms with Crippen molar-refractivity contribution in [2.24, 2.45) is 5.92 Å². The molecule has 0 saturated heterocycles. The van der Waals surface area contributed by atoms with Crippen molar-refractivity contribution in [3.63, 3.8) is 0 Å². The van der Waals surface area contributed by atoms with Crippen molar-refractivity contribution < 1.29 is 28.9 Å². The van der Waals surface area contributed by atoms with Crippen molar-refractivity contribution in [3.8, 4) is 33.6 Å². The smallest absolute Gasteiger partial charge is 0.216 e. The zero-order valence-electron chi connectivity index (χ0n) is 29.9. The van der Waals surface area contributed by atoms with E-state index in [9.17, 15) is 4.39 Å². The maximum absolute atomic E-state index is 13.7. The van der Waals surface area contributed by atoms with Gasteiger partial charge in [0.15, 0.2) is 0 Å². The molecule has 0 spiro atoms. The van der Waals surface area contributed by atoms with Crippen LogP contribution in [0.3, 0.4) is 0 Å². The van der Waals surface area contributed by atoms with Gasteiger partial charge in [0.05, 0.1) is 19.9 Å². The van der Waals surface area contributed by atoms with E-state index in [1.54, 1.807) is 6.20 Å². The molecule has 0 aliphatic rings. The van der Waals surface area contributed by atoms with Crippen molar-refractivity contribution in [1.82, 2.24) is 15.0 Å². The number of hydrogen-bond acceptors (Lipinski definition) is 4. The third-order valence-corrected chi connectivity index (χ3v) is 10.7. The summed E-state index contributed by atoms with van der Waals surface area (Å²) in [5.41, 5.74) is 12.1. The van der Waals surface area contributed by atoms with Gasteiger partial charge in [0.1, 0.15) is 5.82 Å². The van der Waals surface area contributed by atoms with Crippen LogP contribution in [0.5, 0.6) is 0 Å². The molecule has 0 N–H and O–H groups in total. The maximum Gasteiger partial charge on any atom is 0.216 e. The Morgan fingerprint density at radius 2 is 1.56 bits per heavy atom. The second-order valence-corrected chi connectivity index (χ2v) is 19.3. The molecule has 7 heteroatoms. The predicted molar refractivity (Wildman–Crippen MR) is 203 cm³/mol. The zero-order valence-corrected chi connectivity index (χ0v) is 33.3. The summed E-state index contributed by atoms with van der Waals surface area (Å²) in [5, 5.41) is 2.94. The zero-order chi connectivity index (χ0) is 34.9. The van der Waals surface area contributed by atoms with Gasteiger partial charge in [-0.2, -0.15) is 0 Å². The molecule has 7 rings (SSSR count). The molecule has 0 bridgehead atoms. The van der Waals surface area contributed by atoms with E-state index in [0.29, 0.717) is 22.6 Å². The molecule has 3 aromatic carbocycles. The van der Waals surface area contributed by atoms with Crippen LogP contribution in [0.25, 0.3) is 55.7 Å². The molecular formula is C43H42FIrN3OSi-2. The van der Waals surface area contributed by atoms with Crippen LogP contribution >= 0.6 is 0 Å². The molecule has 0 aliphatic carbocycles. The summed E-state index contributed by atoms with van der Waals surface area (Å²) in [4.78, 5) is 13.3. The van der Waals surface area contributed by atoms with Crippen LogP contribution in [0.15, 0.2) is 95.8 Å². The van der Waals surface area contributed by atoms with Gasteiger partial charge >= 0.3 is 0 Å². The van der Waals surface area contributed by atoms with Gasteiger partial charge in [0.2, 0.25) is 5.71 Å². The quantitative estimate of drug-likeness (QED) is 0.124. The van der Waals surface area contributed by atoms with Crippen LogP contribution in [-0.4, -0.2) is 23.0 Å². The Labute approximate surface area is 309 Å². The average molecular weight is 856 g/mol. The standard InChI is InChI=1S/C25H18FN2O.C18H24NSi.Ir/c1-14-9-15(2)23(16(3)10-14)17-7-8-27-22(11-17)20-6-4-5-19-21-12-18(26)13-28-25(21)29-24(19)20;1-14(2)11-16-12-17(15-9-7-6-8-10-15)19-13-18(16)20(3,4)5;/h4-5,7-13H,1-3H3;6-9,12-14H,11H2,1-5H3;/q2*-1;. The summed E-state index contributed by atoms with van der Waals surface area (Å²) in [6, 6.07) is 30.4. The molecule has 50 heavy (non-hydrogen) atoms. The number of nitrogens with zero attached hydrogens (tertiary/aromatic N) is 3. The minimum atomic E-state index is -1.34. The van der Waals surface area contributed by atoms with Crippen LogP contribution in [0.4, 0.5) is 4.39 Å². The Hall–Kier alpha value is -4.29. The fourth-order valence-electron chi connectivity index (χ4n) is 6.63. The monoisotopic (exact) mass is 856 g/mol. The molecule has 4 heterocycles. The Bertz CT molecular complexity index is 2250. The topological polar surface area (TPSA) is 51.8 Å². The first-order valence-electron chi connectivity index (χ1n) is 16.8. The van der Waals surface area contributed by atoms with Gasteiger partial charge in [0, 0.05) is 37.9 Å². The minimum absolute atomic E-state index is 0. The van der Waals surface area contributed by atoms with Gasteiger partial charge in [0.25, 0.3) is 0 Å².